The molecular weight excluding hydrogens is 356 g/mol. The average molecular weight is 378 g/mol. The van der Waals surface area contributed by atoms with Crippen LogP contribution >= 0.6 is 0 Å². The number of aromatic nitrogens is 1. The zero-order valence-electron chi connectivity index (χ0n) is 16.4. The second-order valence-electron chi connectivity index (χ2n) is 6.09. The lowest BCUT2D eigenvalue weighted by Crippen LogP contribution is -1.99. The van der Waals surface area contributed by atoms with E-state index in [0.717, 1.165) is 21.9 Å². The zero-order chi connectivity index (χ0) is 20.1. The smallest absolute Gasteiger partial charge is 0.203 e. The number of ether oxygens (including phenoxy) is 4. The van der Waals surface area contributed by atoms with Crippen LogP contribution in [0.5, 0.6) is 23.0 Å². The van der Waals surface area contributed by atoms with Crippen molar-refractivity contribution >= 4 is 10.8 Å². The summed E-state index contributed by atoms with van der Waals surface area (Å²) < 4.78 is 21.9. The maximum absolute atomic E-state index is 9.61. The number of rotatable bonds is 7. The van der Waals surface area contributed by atoms with Crippen LogP contribution < -0.4 is 18.9 Å². The topological polar surface area (TPSA) is 73.6 Å². The molecule has 0 bridgehead atoms. The molecule has 0 amide bonds. The fourth-order valence-corrected chi connectivity index (χ4v) is 3.27. The van der Waals surface area contributed by atoms with Crippen molar-refractivity contribution in [3.63, 3.8) is 0 Å². The normalized spacial score (nSPS) is 10.4. The van der Waals surface area contributed by atoms with Crippen LogP contribution in [0.25, 0.3) is 10.8 Å². The summed E-state index contributed by atoms with van der Waals surface area (Å²) in [7, 11) is 4.76. The molecule has 28 heavy (non-hydrogen) atoms. The Morgan fingerprint density at radius 3 is 2.21 bits per heavy atom. The number of methoxy groups -OCH3 is 3. The summed E-state index contributed by atoms with van der Waals surface area (Å²) in [5, 5.41) is 11.4. The minimum atomic E-state index is 0.499. The molecule has 0 fully saturated rings. The first-order valence-electron chi connectivity index (χ1n) is 8.88. The highest BCUT2D eigenvalue weighted by Gasteiger charge is 2.16. The lowest BCUT2D eigenvalue weighted by Gasteiger charge is -2.15. The fraction of sp³-hybridized carbons (Fsp3) is 0.273. The van der Waals surface area contributed by atoms with Crippen LogP contribution in [0.4, 0.5) is 0 Å². The largest absolute Gasteiger partial charge is 0.493 e. The molecule has 0 aliphatic rings. The van der Waals surface area contributed by atoms with Crippen LogP contribution in [0.3, 0.4) is 0 Å². The van der Waals surface area contributed by atoms with Crippen LogP contribution in [-0.4, -0.2) is 32.9 Å². The second-order valence-corrected chi connectivity index (χ2v) is 6.09. The van der Waals surface area contributed by atoms with Gasteiger partial charge in [-0.05, 0) is 48.1 Å². The molecule has 0 atom stereocenters. The third-order valence-corrected chi connectivity index (χ3v) is 4.52. The molecule has 1 aromatic heterocycles. The molecule has 0 N–H and O–H groups in total. The van der Waals surface area contributed by atoms with Crippen molar-refractivity contribution in [3.05, 3.63) is 53.3 Å². The van der Waals surface area contributed by atoms with E-state index in [4.69, 9.17) is 18.9 Å². The quantitative estimate of drug-likeness (QED) is 0.616. The summed E-state index contributed by atoms with van der Waals surface area (Å²) in [6, 6.07) is 9.88. The molecule has 1 heterocycles. The van der Waals surface area contributed by atoms with Crippen molar-refractivity contribution < 1.29 is 18.9 Å². The van der Waals surface area contributed by atoms with Gasteiger partial charge in [-0.3, -0.25) is 4.98 Å². The van der Waals surface area contributed by atoms with Crippen molar-refractivity contribution in [1.29, 1.82) is 5.26 Å². The summed E-state index contributed by atoms with van der Waals surface area (Å²) in [6.07, 6.45) is 4.11. The predicted octanol–water partition coefficient (Wildman–Crippen LogP) is 4.12. The van der Waals surface area contributed by atoms with Gasteiger partial charge in [-0.25, -0.2) is 0 Å². The molecule has 6 heteroatoms. The first-order chi connectivity index (χ1) is 13.7. The Bertz CT molecular complexity index is 1020. The third-order valence-electron chi connectivity index (χ3n) is 4.52. The molecule has 3 rings (SSSR count). The minimum Gasteiger partial charge on any atom is -0.493 e. The fourth-order valence-electron chi connectivity index (χ4n) is 3.27. The van der Waals surface area contributed by atoms with E-state index >= 15 is 0 Å². The lowest BCUT2D eigenvalue weighted by atomic mass is 9.98. The Labute approximate surface area is 164 Å². The van der Waals surface area contributed by atoms with E-state index in [0.29, 0.717) is 41.6 Å². The highest BCUT2D eigenvalue weighted by Crippen LogP contribution is 2.39. The molecule has 0 spiro atoms. The molecule has 0 aliphatic heterocycles. The van der Waals surface area contributed by atoms with Crippen LogP contribution in [0.15, 0.2) is 36.7 Å². The average Bonchev–Trinajstić information content (AvgIpc) is 2.73. The van der Waals surface area contributed by atoms with Gasteiger partial charge in [0.15, 0.2) is 11.5 Å². The Balaban J connectivity index is 2.10. The number of nitriles is 1. The Morgan fingerprint density at radius 2 is 1.64 bits per heavy atom. The number of benzene rings is 2. The Hall–Kier alpha value is -3.46. The van der Waals surface area contributed by atoms with Crippen LogP contribution in [0.2, 0.25) is 0 Å². The third kappa shape index (κ3) is 3.52. The van der Waals surface area contributed by atoms with E-state index in [-0.39, 0.29) is 0 Å². The molecular formula is C22H22N2O4. The van der Waals surface area contributed by atoms with Gasteiger partial charge in [-0.2, -0.15) is 5.26 Å². The van der Waals surface area contributed by atoms with Gasteiger partial charge >= 0.3 is 0 Å². The lowest BCUT2D eigenvalue weighted by molar-refractivity contribution is 0.324. The van der Waals surface area contributed by atoms with E-state index < -0.39 is 0 Å². The monoisotopic (exact) mass is 378 g/mol. The van der Waals surface area contributed by atoms with Gasteiger partial charge in [0.25, 0.3) is 0 Å². The van der Waals surface area contributed by atoms with E-state index in [1.165, 1.54) is 0 Å². The van der Waals surface area contributed by atoms with E-state index in [2.05, 4.69) is 11.1 Å². The summed E-state index contributed by atoms with van der Waals surface area (Å²) in [4.78, 5) is 4.34. The number of hydrogen-bond donors (Lipinski definition) is 0. The second kappa shape index (κ2) is 8.49. The molecule has 0 saturated heterocycles. The standard InChI is InChI=1S/C22H22N2O4/c1-5-28-19-7-6-16-15(12-24-13-18(16)17(19)11-23)8-14-9-20(25-2)22(27-4)21(10-14)26-3/h6-7,9-10,12-13H,5,8H2,1-4H3. The summed E-state index contributed by atoms with van der Waals surface area (Å²) in [5.74, 6) is 2.32. The van der Waals surface area contributed by atoms with Gasteiger partial charge in [0.2, 0.25) is 5.75 Å². The first kappa shape index (κ1) is 19.3. The number of nitrogens with zero attached hydrogens (tertiary/aromatic N) is 2. The van der Waals surface area contributed by atoms with Crippen molar-refractivity contribution in [3.8, 4) is 29.1 Å². The van der Waals surface area contributed by atoms with Gasteiger partial charge < -0.3 is 18.9 Å². The number of pyridine rings is 1. The van der Waals surface area contributed by atoms with Crippen molar-refractivity contribution in [2.45, 2.75) is 13.3 Å². The van der Waals surface area contributed by atoms with Crippen molar-refractivity contribution in [2.75, 3.05) is 27.9 Å². The molecule has 0 radical (unpaired) electrons. The van der Waals surface area contributed by atoms with Gasteiger partial charge in [-0.1, -0.05) is 6.07 Å². The molecule has 2 aromatic carbocycles. The van der Waals surface area contributed by atoms with E-state index in [1.54, 1.807) is 27.5 Å². The summed E-state index contributed by atoms with van der Waals surface area (Å²) in [6.45, 7) is 2.39. The highest BCUT2D eigenvalue weighted by atomic mass is 16.5. The van der Waals surface area contributed by atoms with Crippen LogP contribution in [0, 0.1) is 11.3 Å². The first-order valence-corrected chi connectivity index (χ1v) is 8.88. The maximum atomic E-state index is 9.61. The molecule has 3 aromatic rings. The van der Waals surface area contributed by atoms with Crippen LogP contribution in [-0.2, 0) is 6.42 Å². The Morgan fingerprint density at radius 1 is 0.929 bits per heavy atom. The van der Waals surface area contributed by atoms with Crippen LogP contribution in [0.1, 0.15) is 23.6 Å². The maximum Gasteiger partial charge on any atom is 0.203 e. The van der Waals surface area contributed by atoms with Gasteiger partial charge in [-0.15, -0.1) is 0 Å². The predicted molar refractivity (Wildman–Crippen MR) is 107 cm³/mol. The molecule has 144 valence electrons. The van der Waals surface area contributed by atoms with E-state index in [1.807, 2.05) is 37.4 Å². The van der Waals surface area contributed by atoms with E-state index in [9.17, 15) is 5.26 Å². The number of fused-ring (bicyclic) bond motifs is 1. The molecule has 0 aliphatic carbocycles. The SMILES string of the molecule is CCOc1ccc2c(Cc3cc(OC)c(OC)c(OC)c3)cncc2c1C#N. The molecule has 6 nitrogen and oxygen atoms in total. The van der Waals surface area contributed by atoms with Gasteiger partial charge in [0.05, 0.1) is 27.9 Å². The zero-order valence-corrected chi connectivity index (χ0v) is 16.4. The molecule has 0 saturated carbocycles. The number of hydrogen-bond acceptors (Lipinski definition) is 6. The summed E-state index contributed by atoms with van der Waals surface area (Å²) in [5.41, 5.74) is 2.47. The molecule has 0 unspecified atom stereocenters. The summed E-state index contributed by atoms with van der Waals surface area (Å²) >= 11 is 0. The van der Waals surface area contributed by atoms with Crippen molar-refractivity contribution in [2.24, 2.45) is 0 Å². The van der Waals surface area contributed by atoms with Gasteiger partial charge in [0, 0.05) is 17.8 Å². The highest BCUT2D eigenvalue weighted by molar-refractivity contribution is 5.92. The Kier molecular flexibility index (Phi) is 5.85. The van der Waals surface area contributed by atoms with Crippen molar-refractivity contribution in [1.82, 2.24) is 4.98 Å². The minimum absolute atomic E-state index is 0.499. The van der Waals surface area contributed by atoms with Gasteiger partial charge in [0.1, 0.15) is 17.4 Å².